The van der Waals surface area contributed by atoms with E-state index in [4.69, 9.17) is 14.7 Å². The fourth-order valence-corrected chi connectivity index (χ4v) is 6.23. The third-order valence-corrected chi connectivity index (χ3v) is 8.83. The Morgan fingerprint density at radius 1 is 0.878 bits per heavy atom. The van der Waals surface area contributed by atoms with Gasteiger partial charge in [0.1, 0.15) is 18.0 Å². The van der Waals surface area contributed by atoms with Gasteiger partial charge in [0.05, 0.1) is 19.0 Å². The maximum Gasteiger partial charge on any atom is 0.227 e. The van der Waals surface area contributed by atoms with Crippen LogP contribution in [0.15, 0.2) is 97.3 Å². The zero-order valence-electron chi connectivity index (χ0n) is 27.0. The van der Waals surface area contributed by atoms with Gasteiger partial charge >= 0.3 is 0 Å². The van der Waals surface area contributed by atoms with Crippen LogP contribution in [0.5, 0.6) is 0 Å². The Balaban J connectivity index is 1.24. The number of nitrogens with zero attached hydrogens (tertiary/aromatic N) is 6. The highest BCUT2D eigenvalue weighted by atomic mass is 16.6. The quantitative estimate of drug-likeness (QED) is 0.106. The summed E-state index contributed by atoms with van der Waals surface area (Å²) in [6.45, 7) is 2.27. The van der Waals surface area contributed by atoms with Gasteiger partial charge in [0.25, 0.3) is 0 Å². The Labute approximate surface area is 283 Å². The van der Waals surface area contributed by atoms with Crippen LogP contribution in [0.4, 0.5) is 11.8 Å². The lowest BCUT2D eigenvalue weighted by molar-refractivity contribution is -0.0382. The highest BCUT2D eigenvalue weighted by Gasteiger charge is 2.47. The van der Waals surface area contributed by atoms with E-state index in [0.29, 0.717) is 42.2 Å². The number of aliphatic hydroxyl groups excluding tert-OH is 3. The van der Waals surface area contributed by atoms with Crippen molar-refractivity contribution in [3.05, 3.63) is 126 Å². The normalized spacial score (nSPS) is 19.8. The molecule has 1 aliphatic heterocycles. The monoisotopic (exact) mass is 661 g/mol. The number of hydrogen-bond acceptors (Lipinski definition) is 11. The van der Waals surface area contributed by atoms with Crippen molar-refractivity contribution in [2.75, 3.05) is 23.8 Å². The first-order valence-corrected chi connectivity index (χ1v) is 16.4. The molecular weight excluding hydrogens is 622 g/mol. The maximum absolute atomic E-state index is 11.2. The first-order valence-electron chi connectivity index (χ1n) is 16.4. The standard InChI is InChI=1S/C36H39N9O4/c1-2-27-40-33(44-43-27)31-29(47)30(48)35(49-31)45-21-38-28-32(37-19-26(23-14-8-4-9-15-23)24-16-10-5-11-17-24)41-36(42-34(28)45)39-25(20-46)18-22-12-6-3-7-13-22/h3-17,21,25-26,29-31,35,46-48H,2,18-20H2,1H3,(H,40,43,44)(H2,37,39,41,42)/t25-,29-,30+,31-,35+/m0/s1. The molecular formula is C36H39N9O4. The molecule has 0 bridgehead atoms. The summed E-state index contributed by atoms with van der Waals surface area (Å²) < 4.78 is 7.78. The van der Waals surface area contributed by atoms with Crippen molar-refractivity contribution in [1.82, 2.24) is 34.7 Å². The molecule has 7 rings (SSSR count). The molecule has 6 N–H and O–H groups in total. The number of hydrogen-bond donors (Lipinski definition) is 6. The number of aromatic nitrogens is 7. The van der Waals surface area contributed by atoms with E-state index in [1.807, 2.05) is 73.7 Å². The van der Waals surface area contributed by atoms with Crippen molar-refractivity contribution in [3.63, 3.8) is 0 Å². The summed E-state index contributed by atoms with van der Waals surface area (Å²) in [6.07, 6.45) is -1.92. The van der Waals surface area contributed by atoms with Gasteiger partial charge in [-0.05, 0) is 23.1 Å². The number of aryl methyl sites for hydroxylation is 1. The topological polar surface area (TPSA) is 179 Å². The second-order valence-corrected chi connectivity index (χ2v) is 12.1. The minimum Gasteiger partial charge on any atom is -0.394 e. The highest BCUT2D eigenvalue weighted by Crippen LogP contribution is 2.39. The Bertz CT molecular complexity index is 1920. The van der Waals surface area contributed by atoms with E-state index in [1.54, 1.807) is 4.57 Å². The third kappa shape index (κ3) is 6.87. The van der Waals surface area contributed by atoms with Gasteiger partial charge in [-0.1, -0.05) is 97.9 Å². The number of anilines is 2. The Morgan fingerprint density at radius 2 is 1.55 bits per heavy atom. The zero-order valence-corrected chi connectivity index (χ0v) is 27.0. The van der Waals surface area contributed by atoms with E-state index in [2.05, 4.69) is 55.1 Å². The van der Waals surface area contributed by atoms with Crippen LogP contribution in [-0.2, 0) is 17.6 Å². The molecule has 0 spiro atoms. The summed E-state index contributed by atoms with van der Waals surface area (Å²) >= 11 is 0. The second kappa shape index (κ2) is 14.5. The van der Waals surface area contributed by atoms with Crippen LogP contribution in [0.3, 0.4) is 0 Å². The van der Waals surface area contributed by atoms with Crippen molar-refractivity contribution in [2.24, 2.45) is 0 Å². The van der Waals surface area contributed by atoms with Gasteiger partial charge in [0.2, 0.25) is 5.95 Å². The SMILES string of the molecule is CCc1nc([C@H]2O[C@@H](n3cnc4c(NCC(c5ccccc5)c5ccccc5)nc(N[C@H](CO)Cc5ccccc5)nc43)[C@H](O)[C@@H]2O)n[nH]1. The number of benzene rings is 3. The average molecular weight is 662 g/mol. The molecule has 1 aliphatic rings. The molecule has 0 saturated carbocycles. The number of imidazole rings is 1. The van der Waals surface area contributed by atoms with Gasteiger partial charge in [0.15, 0.2) is 35.1 Å². The van der Waals surface area contributed by atoms with Crippen molar-refractivity contribution in [2.45, 2.75) is 56.3 Å². The van der Waals surface area contributed by atoms with Crippen LogP contribution in [-0.4, -0.2) is 81.4 Å². The van der Waals surface area contributed by atoms with Gasteiger partial charge in [0, 0.05) is 18.9 Å². The molecule has 5 atom stereocenters. The van der Waals surface area contributed by atoms with Gasteiger partial charge in [-0.3, -0.25) is 9.67 Å². The summed E-state index contributed by atoms with van der Waals surface area (Å²) in [5.41, 5.74) is 4.15. The zero-order chi connectivity index (χ0) is 33.7. The molecule has 252 valence electrons. The number of aliphatic hydroxyl groups is 3. The number of rotatable bonds is 13. The third-order valence-electron chi connectivity index (χ3n) is 8.83. The van der Waals surface area contributed by atoms with Crippen LogP contribution in [0.25, 0.3) is 11.2 Å². The van der Waals surface area contributed by atoms with Gasteiger partial charge in [-0.2, -0.15) is 15.1 Å². The number of fused-ring (bicyclic) bond motifs is 1. The molecule has 0 unspecified atom stereocenters. The fourth-order valence-electron chi connectivity index (χ4n) is 6.23. The molecule has 4 heterocycles. The molecule has 13 heteroatoms. The van der Waals surface area contributed by atoms with E-state index in [0.717, 1.165) is 16.7 Å². The second-order valence-electron chi connectivity index (χ2n) is 12.1. The van der Waals surface area contributed by atoms with E-state index < -0.39 is 24.5 Å². The summed E-state index contributed by atoms with van der Waals surface area (Å²) in [5, 5.41) is 46.4. The van der Waals surface area contributed by atoms with E-state index in [1.165, 1.54) is 6.33 Å². The minimum atomic E-state index is -1.32. The minimum absolute atomic E-state index is 0.000522. The van der Waals surface area contributed by atoms with E-state index >= 15 is 0 Å². The summed E-state index contributed by atoms with van der Waals surface area (Å²) in [6, 6.07) is 30.0. The molecule has 13 nitrogen and oxygen atoms in total. The lowest BCUT2D eigenvalue weighted by Crippen LogP contribution is -2.29. The first-order chi connectivity index (χ1) is 24.0. The lowest BCUT2D eigenvalue weighted by atomic mass is 9.91. The van der Waals surface area contributed by atoms with Crippen molar-refractivity contribution >= 4 is 22.9 Å². The maximum atomic E-state index is 11.2. The molecule has 1 saturated heterocycles. The number of ether oxygens (including phenoxy) is 1. The smallest absolute Gasteiger partial charge is 0.227 e. The molecule has 0 radical (unpaired) electrons. The Hall–Kier alpha value is -5.21. The van der Waals surface area contributed by atoms with Crippen LogP contribution in [0, 0.1) is 0 Å². The number of H-pyrrole nitrogens is 1. The number of aromatic amines is 1. The van der Waals surface area contributed by atoms with E-state index in [-0.39, 0.29) is 30.3 Å². The lowest BCUT2D eigenvalue weighted by Gasteiger charge is -2.21. The van der Waals surface area contributed by atoms with Crippen LogP contribution >= 0.6 is 0 Å². The Kier molecular flexibility index (Phi) is 9.57. The molecule has 6 aromatic rings. The highest BCUT2D eigenvalue weighted by molar-refractivity contribution is 5.84. The van der Waals surface area contributed by atoms with Crippen molar-refractivity contribution in [3.8, 4) is 0 Å². The fraction of sp³-hybridized carbons (Fsp3) is 0.306. The predicted molar refractivity (Wildman–Crippen MR) is 184 cm³/mol. The molecule has 1 fully saturated rings. The molecule has 0 aliphatic carbocycles. The Morgan fingerprint density at radius 3 is 2.18 bits per heavy atom. The largest absolute Gasteiger partial charge is 0.394 e. The predicted octanol–water partition coefficient (Wildman–Crippen LogP) is 3.76. The van der Waals surface area contributed by atoms with Crippen LogP contribution in [0.2, 0.25) is 0 Å². The van der Waals surface area contributed by atoms with Crippen LogP contribution < -0.4 is 10.6 Å². The number of nitrogens with one attached hydrogen (secondary N) is 3. The summed E-state index contributed by atoms with van der Waals surface area (Å²) in [4.78, 5) is 18.7. The molecule has 0 amide bonds. The van der Waals surface area contributed by atoms with E-state index in [9.17, 15) is 15.3 Å². The molecule has 49 heavy (non-hydrogen) atoms. The average Bonchev–Trinajstić information content (AvgIpc) is 3.87. The molecule has 3 aromatic heterocycles. The van der Waals surface area contributed by atoms with Crippen LogP contribution in [0.1, 0.15) is 53.5 Å². The van der Waals surface area contributed by atoms with Gasteiger partial charge in [-0.25, -0.2) is 9.97 Å². The summed E-state index contributed by atoms with van der Waals surface area (Å²) in [5.74, 6) is 1.63. The van der Waals surface area contributed by atoms with Crippen molar-refractivity contribution in [1.29, 1.82) is 0 Å². The first kappa shape index (κ1) is 32.3. The van der Waals surface area contributed by atoms with Crippen molar-refractivity contribution < 1.29 is 20.1 Å². The summed E-state index contributed by atoms with van der Waals surface area (Å²) in [7, 11) is 0. The van der Waals surface area contributed by atoms with Gasteiger partial charge in [-0.15, -0.1) is 0 Å². The molecule has 3 aromatic carbocycles. The van der Waals surface area contributed by atoms with Gasteiger partial charge < -0.3 is 30.7 Å².